The van der Waals surface area contributed by atoms with Crippen LogP contribution >= 0.6 is 0 Å². The molecule has 0 radical (unpaired) electrons. The van der Waals surface area contributed by atoms with Gasteiger partial charge in [-0.3, -0.25) is 10.0 Å². The van der Waals surface area contributed by atoms with Gasteiger partial charge in [0.2, 0.25) is 0 Å². The molecule has 8 heteroatoms. The standard InChI is InChI=1S/C19H21NO6S/c1-3-26-19(22)17(20(23)18(21)15-7-5-4-6-8-15)13-14-9-11-16(12-10-14)27(2,24)25/h4-12,17,23H,3,13H2,1-2H3/t17-/m0/s1. The largest absolute Gasteiger partial charge is 0.464 e. The maximum Gasteiger partial charge on any atom is 0.331 e. The highest BCUT2D eigenvalue weighted by Crippen LogP contribution is 2.16. The minimum Gasteiger partial charge on any atom is -0.464 e. The molecule has 2 rings (SSSR count). The summed E-state index contributed by atoms with van der Waals surface area (Å²) < 4.78 is 28.1. The van der Waals surface area contributed by atoms with Crippen LogP contribution in [0, 0.1) is 0 Å². The Labute approximate surface area is 158 Å². The van der Waals surface area contributed by atoms with Crippen molar-refractivity contribution < 1.29 is 28.0 Å². The smallest absolute Gasteiger partial charge is 0.331 e. The molecule has 0 heterocycles. The van der Waals surface area contributed by atoms with Crippen molar-refractivity contribution in [3.8, 4) is 0 Å². The van der Waals surface area contributed by atoms with Crippen LogP contribution in [0.4, 0.5) is 0 Å². The SMILES string of the molecule is CCOC(=O)[C@H](Cc1ccc(S(C)(=O)=O)cc1)N(O)C(=O)c1ccccc1. The fraction of sp³-hybridized carbons (Fsp3) is 0.263. The van der Waals surface area contributed by atoms with Gasteiger partial charge in [0.05, 0.1) is 11.5 Å². The summed E-state index contributed by atoms with van der Waals surface area (Å²) in [5.74, 6) is -1.49. The van der Waals surface area contributed by atoms with Crippen LogP contribution < -0.4 is 0 Å². The second-order valence-corrected chi connectivity index (χ2v) is 7.92. The van der Waals surface area contributed by atoms with E-state index in [4.69, 9.17) is 4.74 Å². The normalized spacial score (nSPS) is 12.3. The molecule has 0 fully saturated rings. The Morgan fingerprint density at radius 3 is 2.19 bits per heavy atom. The van der Waals surface area contributed by atoms with Gasteiger partial charge in [-0.15, -0.1) is 0 Å². The van der Waals surface area contributed by atoms with Crippen LogP contribution in [-0.4, -0.2) is 49.5 Å². The fourth-order valence-corrected chi connectivity index (χ4v) is 3.09. The van der Waals surface area contributed by atoms with Crippen LogP contribution in [-0.2, 0) is 25.8 Å². The molecule has 0 aliphatic carbocycles. The van der Waals surface area contributed by atoms with Crippen LogP contribution in [0.15, 0.2) is 59.5 Å². The van der Waals surface area contributed by atoms with E-state index in [9.17, 15) is 23.2 Å². The van der Waals surface area contributed by atoms with E-state index >= 15 is 0 Å². The molecule has 0 bridgehead atoms. The number of hydrogen-bond acceptors (Lipinski definition) is 6. The quantitative estimate of drug-likeness (QED) is 0.441. The molecule has 2 aromatic carbocycles. The summed E-state index contributed by atoms with van der Waals surface area (Å²) >= 11 is 0. The molecular weight excluding hydrogens is 370 g/mol. The number of amides is 1. The lowest BCUT2D eigenvalue weighted by Gasteiger charge is -2.24. The molecule has 0 aliphatic rings. The second kappa shape index (κ2) is 8.79. The third kappa shape index (κ3) is 5.38. The highest BCUT2D eigenvalue weighted by atomic mass is 32.2. The topological polar surface area (TPSA) is 101 Å². The van der Waals surface area contributed by atoms with Gasteiger partial charge in [-0.1, -0.05) is 30.3 Å². The van der Waals surface area contributed by atoms with Crippen molar-refractivity contribution in [1.29, 1.82) is 0 Å². The lowest BCUT2D eigenvalue weighted by Crippen LogP contribution is -2.45. The van der Waals surface area contributed by atoms with Crippen molar-refractivity contribution in [2.75, 3.05) is 12.9 Å². The number of hydroxylamine groups is 2. The summed E-state index contributed by atoms with van der Waals surface area (Å²) in [6.07, 6.45) is 1.06. The van der Waals surface area contributed by atoms with E-state index in [0.717, 1.165) is 6.26 Å². The number of benzene rings is 2. The maximum absolute atomic E-state index is 12.5. The number of carbonyl (C=O) groups is 2. The summed E-state index contributed by atoms with van der Waals surface area (Å²) in [6.45, 7) is 1.71. The predicted molar refractivity (Wildman–Crippen MR) is 98.1 cm³/mol. The molecule has 0 aromatic heterocycles. The van der Waals surface area contributed by atoms with E-state index in [1.165, 1.54) is 36.4 Å². The van der Waals surface area contributed by atoms with Crippen molar-refractivity contribution >= 4 is 21.7 Å². The van der Waals surface area contributed by atoms with E-state index in [1.807, 2.05) is 0 Å². The molecule has 1 amide bonds. The zero-order chi connectivity index (χ0) is 20.0. The van der Waals surface area contributed by atoms with Gasteiger partial charge in [-0.05, 0) is 36.8 Å². The molecular formula is C19H21NO6S. The number of carbonyl (C=O) groups excluding carboxylic acids is 2. The molecule has 0 unspecified atom stereocenters. The van der Waals surface area contributed by atoms with Crippen LogP contribution in [0.25, 0.3) is 0 Å². The number of rotatable bonds is 7. The van der Waals surface area contributed by atoms with Gasteiger partial charge in [-0.2, -0.15) is 0 Å². The fourth-order valence-electron chi connectivity index (χ4n) is 2.46. The van der Waals surface area contributed by atoms with E-state index in [-0.39, 0.29) is 23.5 Å². The highest BCUT2D eigenvalue weighted by Gasteiger charge is 2.31. The first-order chi connectivity index (χ1) is 12.7. The molecule has 1 N–H and O–H groups in total. The Morgan fingerprint density at radius 2 is 1.67 bits per heavy atom. The number of esters is 1. The first-order valence-electron chi connectivity index (χ1n) is 8.27. The minimum atomic E-state index is -3.34. The van der Waals surface area contributed by atoms with E-state index < -0.39 is 27.8 Å². The Hall–Kier alpha value is -2.71. The van der Waals surface area contributed by atoms with Gasteiger partial charge in [-0.25, -0.2) is 18.3 Å². The predicted octanol–water partition coefficient (Wildman–Crippen LogP) is 2.10. The number of sulfone groups is 1. The summed E-state index contributed by atoms with van der Waals surface area (Å²) in [7, 11) is -3.34. The average molecular weight is 391 g/mol. The third-order valence-electron chi connectivity index (χ3n) is 3.86. The van der Waals surface area contributed by atoms with Crippen LogP contribution in [0.5, 0.6) is 0 Å². The molecule has 1 atom stereocenters. The Balaban J connectivity index is 2.26. The number of ether oxygens (including phenoxy) is 1. The van der Waals surface area contributed by atoms with Crippen molar-refractivity contribution in [1.82, 2.24) is 5.06 Å². The van der Waals surface area contributed by atoms with Crippen LogP contribution in [0.1, 0.15) is 22.8 Å². The van der Waals surface area contributed by atoms with Crippen LogP contribution in [0.3, 0.4) is 0 Å². The summed E-state index contributed by atoms with van der Waals surface area (Å²) in [5.41, 5.74) is 0.794. The highest BCUT2D eigenvalue weighted by molar-refractivity contribution is 7.90. The summed E-state index contributed by atoms with van der Waals surface area (Å²) in [5, 5.41) is 10.7. The molecule has 0 saturated carbocycles. The van der Waals surface area contributed by atoms with Crippen molar-refractivity contribution in [3.05, 3.63) is 65.7 Å². The van der Waals surface area contributed by atoms with Gasteiger partial charge in [0, 0.05) is 18.2 Å². The Kier molecular flexibility index (Phi) is 6.70. The van der Waals surface area contributed by atoms with Gasteiger partial charge < -0.3 is 4.74 Å². The average Bonchev–Trinajstić information content (AvgIpc) is 2.65. The number of hydrogen-bond donors (Lipinski definition) is 1. The van der Waals surface area contributed by atoms with Gasteiger partial charge in [0.25, 0.3) is 5.91 Å². The second-order valence-electron chi connectivity index (χ2n) is 5.90. The van der Waals surface area contributed by atoms with Crippen LogP contribution in [0.2, 0.25) is 0 Å². The first-order valence-corrected chi connectivity index (χ1v) is 10.2. The monoisotopic (exact) mass is 391 g/mol. The Bertz CT molecular complexity index is 894. The summed E-state index contributed by atoms with van der Waals surface area (Å²) in [6, 6.07) is 12.7. The zero-order valence-electron chi connectivity index (χ0n) is 15.0. The summed E-state index contributed by atoms with van der Waals surface area (Å²) in [4.78, 5) is 24.9. The van der Waals surface area contributed by atoms with E-state index in [2.05, 4.69) is 0 Å². The van der Waals surface area contributed by atoms with Crippen molar-refractivity contribution in [2.45, 2.75) is 24.3 Å². The number of nitrogens with zero attached hydrogens (tertiary/aromatic N) is 1. The lowest BCUT2D eigenvalue weighted by molar-refractivity contribution is -0.163. The first kappa shape index (κ1) is 20.6. The van der Waals surface area contributed by atoms with Crippen molar-refractivity contribution in [3.63, 3.8) is 0 Å². The lowest BCUT2D eigenvalue weighted by atomic mass is 10.0. The molecule has 0 spiro atoms. The maximum atomic E-state index is 12.5. The molecule has 2 aromatic rings. The molecule has 27 heavy (non-hydrogen) atoms. The van der Waals surface area contributed by atoms with E-state index in [0.29, 0.717) is 10.6 Å². The Morgan fingerprint density at radius 1 is 1.07 bits per heavy atom. The minimum absolute atomic E-state index is 0.0298. The molecule has 0 saturated heterocycles. The van der Waals surface area contributed by atoms with Crippen molar-refractivity contribution in [2.24, 2.45) is 0 Å². The van der Waals surface area contributed by atoms with Gasteiger partial charge in [0.15, 0.2) is 15.9 Å². The van der Waals surface area contributed by atoms with Gasteiger partial charge >= 0.3 is 5.97 Å². The third-order valence-corrected chi connectivity index (χ3v) is 4.99. The molecule has 7 nitrogen and oxygen atoms in total. The molecule has 0 aliphatic heterocycles. The van der Waals surface area contributed by atoms with Gasteiger partial charge in [0.1, 0.15) is 0 Å². The zero-order valence-corrected chi connectivity index (χ0v) is 15.8. The molecule has 144 valence electrons. The van der Waals surface area contributed by atoms with E-state index in [1.54, 1.807) is 25.1 Å².